The molecule has 1 heterocycles. The van der Waals surface area contributed by atoms with E-state index in [1.807, 2.05) is 6.92 Å². The van der Waals surface area contributed by atoms with Gasteiger partial charge in [0.25, 0.3) is 5.91 Å². The van der Waals surface area contributed by atoms with Gasteiger partial charge in [-0.05, 0) is 47.1 Å². The molecule has 0 aliphatic carbocycles. The van der Waals surface area contributed by atoms with Gasteiger partial charge >= 0.3 is 0 Å². The summed E-state index contributed by atoms with van der Waals surface area (Å²) in [5, 5.41) is 5.90. The van der Waals surface area contributed by atoms with E-state index in [-0.39, 0.29) is 11.4 Å². The van der Waals surface area contributed by atoms with Crippen LogP contribution in [0.5, 0.6) is 0 Å². The third-order valence-corrected chi connectivity index (χ3v) is 3.87. The van der Waals surface area contributed by atoms with Gasteiger partial charge in [-0.2, -0.15) is 0 Å². The van der Waals surface area contributed by atoms with Crippen molar-refractivity contribution in [3.8, 4) is 0 Å². The first-order chi connectivity index (χ1) is 10.0. The summed E-state index contributed by atoms with van der Waals surface area (Å²) in [4.78, 5) is 16.0. The van der Waals surface area contributed by atoms with Crippen molar-refractivity contribution in [2.24, 2.45) is 0 Å². The standard InChI is InChI=1S/C14H12BrClFN3O/c1-2-18-13-12(17)9(5-6-19-13)14(21)20-8-3-4-11(16)10(15)7-8/h3-7H,2H2,1H3,(H,18,19)(H,20,21). The van der Waals surface area contributed by atoms with Gasteiger partial charge in [-0.25, -0.2) is 9.37 Å². The van der Waals surface area contributed by atoms with E-state index in [9.17, 15) is 9.18 Å². The highest BCUT2D eigenvalue weighted by Gasteiger charge is 2.16. The third kappa shape index (κ3) is 3.71. The molecule has 0 aliphatic rings. The van der Waals surface area contributed by atoms with E-state index in [0.29, 0.717) is 21.7 Å². The lowest BCUT2D eigenvalue weighted by Gasteiger charge is -2.09. The molecular weight excluding hydrogens is 361 g/mol. The fraction of sp³-hybridized carbons (Fsp3) is 0.143. The minimum Gasteiger partial charge on any atom is -0.368 e. The maximum Gasteiger partial charge on any atom is 0.258 e. The Balaban J connectivity index is 2.24. The number of pyridine rings is 1. The van der Waals surface area contributed by atoms with Gasteiger partial charge in [-0.1, -0.05) is 11.6 Å². The number of hydrogen-bond acceptors (Lipinski definition) is 3. The van der Waals surface area contributed by atoms with E-state index >= 15 is 0 Å². The number of halogens is 3. The molecule has 2 N–H and O–H groups in total. The molecule has 0 aliphatic heterocycles. The molecule has 21 heavy (non-hydrogen) atoms. The highest BCUT2D eigenvalue weighted by molar-refractivity contribution is 9.10. The topological polar surface area (TPSA) is 54.0 Å². The van der Waals surface area contributed by atoms with Gasteiger partial charge in [-0.3, -0.25) is 4.79 Å². The van der Waals surface area contributed by atoms with Crippen molar-refractivity contribution in [3.63, 3.8) is 0 Å². The number of aromatic nitrogens is 1. The second-order valence-corrected chi connectivity index (χ2v) is 5.40. The molecular formula is C14H12BrClFN3O. The van der Waals surface area contributed by atoms with Crippen LogP contribution in [0.4, 0.5) is 15.9 Å². The van der Waals surface area contributed by atoms with E-state index < -0.39 is 11.7 Å². The molecule has 110 valence electrons. The van der Waals surface area contributed by atoms with Crippen molar-refractivity contribution < 1.29 is 9.18 Å². The molecule has 0 saturated heterocycles. The van der Waals surface area contributed by atoms with Crippen molar-refractivity contribution in [1.82, 2.24) is 4.98 Å². The van der Waals surface area contributed by atoms with Gasteiger partial charge < -0.3 is 10.6 Å². The molecule has 1 aromatic carbocycles. The van der Waals surface area contributed by atoms with Gasteiger partial charge in [0.1, 0.15) is 0 Å². The third-order valence-electron chi connectivity index (χ3n) is 2.66. The summed E-state index contributed by atoms with van der Waals surface area (Å²) in [6.07, 6.45) is 1.38. The molecule has 1 aromatic heterocycles. The zero-order chi connectivity index (χ0) is 15.4. The summed E-state index contributed by atoms with van der Waals surface area (Å²) in [6.45, 7) is 2.33. The predicted molar refractivity (Wildman–Crippen MR) is 85.5 cm³/mol. The Labute approximate surface area is 134 Å². The van der Waals surface area contributed by atoms with E-state index in [1.54, 1.807) is 18.2 Å². The Morgan fingerprint density at radius 1 is 1.43 bits per heavy atom. The van der Waals surface area contributed by atoms with Gasteiger partial charge in [0, 0.05) is 22.9 Å². The van der Waals surface area contributed by atoms with E-state index in [0.717, 1.165) is 0 Å². The predicted octanol–water partition coefficient (Wildman–Crippen LogP) is 4.32. The summed E-state index contributed by atoms with van der Waals surface area (Å²) >= 11 is 9.14. The quantitative estimate of drug-likeness (QED) is 0.840. The minimum absolute atomic E-state index is 0.0578. The molecule has 0 unspecified atom stereocenters. The zero-order valence-electron chi connectivity index (χ0n) is 11.1. The Bertz CT molecular complexity index is 681. The molecule has 7 heteroatoms. The number of rotatable bonds is 4. The van der Waals surface area contributed by atoms with Crippen LogP contribution < -0.4 is 10.6 Å². The van der Waals surface area contributed by atoms with Gasteiger partial charge in [0.15, 0.2) is 11.6 Å². The first kappa shape index (κ1) is 15.7. The molecule has 2 aromatic rings. The lowest BCUT2D eigenvalue weighted by molar-refractivity contribution is 0.102. The summed E-state index contributed by atoms with van der Waals surface area (Å²) in [7, 11) is 0. The van der Waals surface area contributed by atoms with E-state index in [4.69, 9.17) is 11.6 Å². The van der Waals surface area contributed by atoms with Crippen LogP contribution in [-0.4, -0.2) is 17.4 Å². The first-order valence-electron chi connectivity index (χ1n) is 6.17. The summed E-state index contributed by atoms with van der Waals surface area (Å²) in [6, 6.07) is 6.24. The highest BCUT2D eigenvalue weighted by Crippen LogP contribution is 2.26. The van der Waals surface area contributed by atoms with Gasteiger partial charge in [0.05, 0.1) is 10.6 Å². The van der Waals surface area contributed by atoms with Crippen LogP contribution in [0.2, 0.25) is 5.02 Å². The molecule has 1 amide bonds. The number of carbonyl (C=O) groups is 1. The zero-order valence-corrected chi connectivity index (χ0v) is 13.4. The second kappa shape index (κ2) is 6.87. The summed E-state index contributed by atoms with van der Waals surface area (Å²) < 4.78 is 14.8. The van der Waals surface area contributed by atoms with Gasteiger partial charge in [0.2, 0.25) is 0 Å². The Morgan fingerprint density at radius 2 is 2.19 bits per heavy atom. The average molecular weight is 373 g/mol. The summed E-state index contributed by atoms with van der Waals surface area (Å²) in [5.74, 6) is -1.17. The monoisotopic (exact) mass is 371 g/mol. The largest absolute Gasteiger partial charge is 0.368 e. The molecule has 2 rings (SSSR count). The summed E-state index contributed by atoms with van der Waals surface area (Å²) in [5.41, 5.74) is 0.435. The minimum atomic E-state index is -0.676. The maximum atomic E-state index is 14.1. The van der Waals surface area contributed by atoms with Crippen molar-refractivity contribution >= 4 is 44.9 Å². The smallest absolute Gasteiger partial charge is 0.258 e. The van der Waals surface area contributed by atoms with Crippen LogP contribution in [0.1, 0.15) is 17.3 Å². The Morgan fingerprint density at radius 3 is 2.86 bits per heavy atom. The molecule has 0 fully saturated rings. The molecule has 0 saturated carbocycles. The number of benzene rings is 1. The van der Waals surface area contributed by atoms with Crippen LogP contribution in [-0.2, 0) is 0 Å². The second-order valence-electron chi connectivity index (χ2n) is 4.13. The van der Waals surface area contributed by atoms with E-state index in [2.05, 4.69) is 31.5 Å². The Kier molecular flexibility index (Phi) is 5.14. The van der Waals surface area contributed by atoms with Crippen molar-refractivity contribution in [3.05, 3.63) is 51.3 Å². The molecule has 0 radical (unpaired) electrons. The van der Waals surface area contributed by atoms with Crippen LogP contribution in [0.25, 0.3) is 0 Å². The average Bonchev–Trinajstić information content (AvgIpc) is 2.45. The maximum absolute atomic E-state index is 14.1. The highest BCUT2D eigenvalue weighted by atomic mass is 79.9. The number of amides is 1. The molecule has 0 bridgehead atoms. The molecule has 0 atom stereocenters. The Hall–Kier alpha value is -1.66. The lowest BCUT2D eigenvalue weighted by Crippen LogP contribution is -2.15. The fourth-order valence-electron chi connectivity index (χ4n) is 1.68. The fourth-order valence-corrected chi connectivity index (χ4v) is 2.18. The van der Waals surface area contributed by atoms with E-state index in [1.165, 1.54) is 12.3 Å². The molecule has 4 nitrogen and oxygen atoms in total. The van der Waals surface area contributed by atoms with Crippen molar-refractivity contribution in [1.29, 1.82) is 0 Å². The van der Waals surface area contributed by atoms with Gasteiger partial charge in [-0.15, -0.1) is 0 Å². The van der Waals surface area contributed by atoms with Crippen LogP contribution in [0.3, 0.4) is 0 Å². The molecule has 0 spiro atoms. The van der Waals surface area contributed by atoms with Crippen LogP contribution >= 0.6 is 27.5 Å². The normalized spacial score (nSPS) is 10.3. The van der Waals surface area contributed by atoms with Crippen LogP contribution in [0, 0.1) is 5.82 Å². The number of hydrogen-bond donors (Lipinski definition) is 2. The lowest BCUT2D eigenvalue weighted by atomic mass is 10.2. The number of anilines is 2. The SMILES string of the molecule is CCNc1nccc(C(=O)Nc2ccc(Cl)c(Br)c2)c1F. The number of nitrogens with zero attached hydrogens (tertiary/aromatic N) is 1. The van der Waals surface area contributed by atoms with Crippen LogP contribution in [0.15, 0.2) is 34.9 Å². The first-order valence-corrected chi connectivity index (χ1v) is 7.34. The van der Waals surface area contributed by atoms with Crippen molar-refractivity contribution in [2.45, 2.75) is 6.92 Å². The number of nitrogens with one attached hydrogen (secondary N) is 2. The van der Waals surface area contributed by atoms with Crippen molar-refractivity contribution in [2.75, 3.05) is 17.2 Å². The number of carbonyl (C=O) groups excluding carboxylic acids is 1.